The first-order chi connectivity index (χ1) is 8.16. The summed E-state index contributed by atoms with van der Waals surface area (Å²) in [7, 11) is 1.59. The Morgan fingerprint density at radius 3 is 2.47 bits per heavy atom. The summed E-state index contributed by atoms with van der Waals surface area (Å²) in [6.45, 7) is 2.21. The predicted molar refractivity (Wildman–Crippen MR) is 61.0 cm³/mol. The summed E-state index contributed by atoms with van der Waals surface area (Å²) >= 11 is 0. The fourth-order valence-electron chi connectivity index (χ4n) is 0.985. The van der Waals surface area contributed by atoms with Crippen LogP contribution in [0.15, 0.2) is 0 Å². The summed E-state index contributed by atoms with van der Waals surface area (Å²) in [6, 6.07) is -0.314. The molecular weight excluding hydrogens is 228 g/mol. The van der Waals surface area contributed by atoms with E-state index in [1.807, 2.05) is 0 Å². The quantitative estimate of drug-likeness (QED) is 0.466. The molecule has 0 saturated carbocycles. The Morgan fingerprint density at radius 1 is 1.12 bits per heavy atom. The number of hydrogen-bond donors (Lipinski definition) is 3. The molecule has 0 aromatic heterocycles. The number of carbonyl (C=O) groups excluding carboxylic acids is 1. The molecule has 17 heavy (non-hydrogen) atoms. The van der Waals surface area contributed by atoms with Gasteiger partial charge in [-0.25, -0.2) is 4.79 Å². The van der Waals surface area contributed by atoms with Crippen LogP contribution in [0, 0.1) is 0 Å². The van der Waals surface area contributed by atoms with Gasteiger partial charge < -0.3 is 25.2 Å². The van der Waals surface area contributed by atoms with E-state index in [1.165, 1.54) is 0 Å². The molecule has 7 nitrogen and oxygen atoms in total. The second-order valence-electron chi connectivity index (χ2n) is 3.29. The Bertz CT molecular complexity index is 223. The molecule has 100 valence electrons. The first-order valence-electron chi connectivity index (χ1n) is 5.47. The zero-order chi connectivity index (χ0) is 12.9. The topological polar surface area (TPSA) is 96.9 Å². The van der Waals surface area contributed by atoms with E-state index in [0.717, 1.165) is 0 Å². The van der Waals surface area contributed by atoms with Crippen LogP contribution >= 0.6 is 0 Å². The van der Waals surface area contributed by atoms with E-state index >= 15 is 0 Å². The Labute approximate surface area is 100 Å². The number of ether oxygens (including phenoxy) is 2. The first-order valence-corrected chi connectivity index (χ1v) is 5.47. The van der Waals surface area contributed by atoms with Gasteiger partial charge in [-0.1, -0.05) is 0 Å². The second-order valence-corrected chi connectivity index (χ2v) is 3.29. The van der Waals surface area contributed by atoms with Gasteiger partial charge in [0, 0.05) is 26.6 Å². The van der Waals surface area contributed by atoms with E-state index < -0.39 is 5.97 Å². The van der Waals surface area contributed by atoms with Gasteiger partial charge >= 0.3 is 12.0 Å². The number of rotatable bonds is 10. The highest BCUT2D eigenvalue weighted by atomic mass is 16.5. The fourth-order valence-corrected chi connectivity index (χ4v) is 0.985. The summed E-state index contributed by atoms with van der Waals surface area (Å²) in [5.74, 6) is -0.862. The van der Waals surface area contributed by atoms with Crippen molar-refractivity contribution in [3.63, 3.8) is 0 Å². The molecule has 2 amide bonds. The van der Waals surface area contributed by atoms with Crippen LogP contribution in [0.4, 0.5) is 4.79 Å². The predicted octanol–water partition coefficient (Wildman–Crippen LogP) is -0.187. The lowest BCUT2D eigenvalue weighted by Gasteiger charge is -2.07. The van der Waals surface area contributed by atoms with Crippen molar-refractivity contribution in [2.75, 3.05) is 40.0 Å². The lowest BCUT2D eigenvalue weighted by atomic mass is 10.3. The molecule has 0 saturated heterocycles. The maximum Gasteiger partial charge on any atom is 0.314 e. The van der Waals surface area contributed by atoms with Gasteiger partial charge in [-0.2, -0.15) is 0 Å². The molecule has 0 fully saturated rings. The largest absolute Gasteiger partial charge is 0.481 e. The van der Waals surface area contributed by atoms with Gasteiger partial charge in [0.2, 0.25) is 0 Å². The van der Waals surface area contributed by atoms with E-state index in [2.05, 4.69) is 10.6 Å². The smallest absolute Gasteiger partial charge is 0.314 e. The Hall–Kier alpha value is -1.34. The highest BCUT2D eigenvalue weighted by molar-refractivity contribution is 5.73. The molecular formula is C10H20N2O5. The van der Waals surface area contributed by atoms with E-state index in [-0.39, 0.29) is 12.5 Å². The van der Waals surface area contributed by atoms with Crippen molar-refractivity contribution in [1.29, 1.82) is 0 Å². The Balaban J connectivity index is 3.20. The van der Waals surface area contributed by atoms with Crippen LogP contribution in [-0.4, -0.2) is 57.1 Å². The van der Waals surface area contributed by atoms with Gasteiger partial charge in [-0.15, -0.1) is 0 Å². The molecule has 0 aromatic carbocycles. The zero-order valence-electron chi connectivity index (χ0n) is 10.0. The van der Waals surface area contributed by atoms with Crippen LogP contribution in [0.1, 0.15) is 12.8 Å². The van der Waals surface area contributed by atoms with E-state index in [4.69, 9.17) is 14.6 Å². The average molecular weight is 248 g/mol. The van der Waals surface area contributed by atoms with Crippen molar-refractivity contribution in [3.8, 4) is 0 Å². The number of carboxylic acid groups (broad SMARTS) is 1. The molecule has 0 unspecified atom stereocenters. The number of nitrogens with one attached hydrogen (secondary N) is 2. The molecule has 0 radical (unpaired) electrons. The number of amides is 2. The van der Waals surface area contributed by atoms with Crippen LogP contribution < -0.4 is 10.6 Å². The van der Waals surface area contributed by atoms with Crippen molar-refractivity contribution >= 4 is 12.0 Å². The standard InChI is InChI=1S/C10H20N2O5/c1-16-7-8-17-6-5-12-10(15)11-4-2-3-9(13)14/h2-8H2,1H3,(H,13,14)(H2,11,12,15). The molecule has 0 aliphatic carbocycles. The maximum atomic E-state index is 11.1. The number of aliphatic carboxylic acids is 1. The normalized spacial score (nSPS) is 9.94. The van der Waals surface area contributed by atoms with Gasteiger partial charge in [0.05, 0.1) is 19.8 Å². The van der Waals surface area contributed by atoms with E-state index in [0.29, 0.717) is 39.3 Å². The summed E-state index contributed by atoms with van der Waals surface area (Å²) in [6.07, 6.45) is 0.480. The van der Waals surface area contributed by atoms with Gasteiger partial charge in [0.15, 0.2) is 0 Å². The summed E-state index contributed by atoms with van der Waals surface area (Å²) in [4.78, 5) is 21.3. The first kappa shape index (κ1) is 15.7. The third-order valence-electron chi connectivity index (χ3n) is 1.82. The number of carboxylic acids is 1. The highest BCUT2D eigenvalue weighted by Gasteiger charge is 2.00. The van der Waals surface area contributed by atoms with Gasteiger partial charge in [0.1, 0.15) is 0 Å². The second kappa shape index (κ2) is 11.2. The fraction of sp³-hybridized carbons (Fsp3) is 0.800. The van der Waals surface area contributed by atoms with Crippen LogP contribution in [0.5, 0.6) is 0 Å². The molecule has 0 heterocycles. The summed E-state index contributed by atoms with van der Waals surface area (Å²) in [5, 5.41) is 13.5. The number of hydrogen-bond acceptors (Lipinski definition) is 4. The maximum absolute atomic E-state index is 11.1. The van der Waals surface area contributed by atoms with Crippen molar-refractivity contribution in [2.24, 2.45) is 0 Å². The van der Waals surface area contributed by atoms with Crippen molar-refractivity contribution in [1.82, 2.24) is 10.6 Å². The van der Waals surface area contributed by atoms with Crippen molar-refractivity contribution in [2.45, 2.75) is 12.8 Å². The Morgan fingerprint density at radius 2 is 1.82 bits per heavy atom. The molecule has 3 N–H and O–H groups in total. The lowest BCUT2D eigenvalue weighted by Crippen LogP contribution is -2.38. The average Bonchev–Trinajstić information content (AvgIpc) is 2.29. The summed E-state index contributed by atoms with van der Waals surface area (Å²) < 4.78 is 9.92. The molecule has 0 bridgehead atoms. The van der Waals surface area contributed by atoms with E-state index in [9.17, 15) is 9.59 Å². The SMILES string of the molecule is COCCOCCNC(=O)NCCCC(=O)O. The van der Waals surface area contributed by atoms with Gasteiger partial charge in [-0.05, 0) is 6.42 Å². The minimum Gasteiger partial charge on any atom is -0.481 e. The molecule has 0 aliphatic heterocycles. The number of urea groups is 1. The molecule has 7 heteroatoms. The number of carbonyl (C=O) groups is 2. The van der Waals surface area contributed by atoms with Crippen LogP contribution in [0.25, 0.3) is 0 Å². The zero-order valence-corrected chi connectivity index (χ0v) is 10.0. The minimum absolute atomic E-state index is 0.0560. The van der Waals surface area contributed by atoms with Crippen LogP contribution in [0.2, 0.25) is 0 Å². The highest BCUT2D eigenvalue weighted by Crippen LogP contribution is 1.85. The molecule has 0 rings (SSSR count). The summed E-state index contributed by atoms with van der Waals surface area (Å²) in [5.41, 5.74) is 0. The molecule has 0 atom stereocenters. The number of methoxy groups -OCH3 is 1. The third-order valence-corrected chi connectivity index (χ3v) is 1.82. The molecule has 0 aliphatic rings. The van der Waals surface area contributed by atoms with Gasteiger partial charge in [-0.3, -0.25) is 4.79 Å². The Kier molecular flexibility index (Phi) is 10.3. The lowest BCUT2D eigenvalue weighted by molar-refractivity contribution is -0.137. The van der Waals surface area contributed by atoms with E-state index in [1.54, 1.807) is 7.11 Å². The van der Waals surface area contributed by atoms with Crippen molar-refractivity contribution < 1.29 is 24.2 Å². The molecule has 0 aromatic rings. The van der Waals surface area contributed by atoms with Crippen molar-refractivity contribution in [3.05, 3.63) is 0 Å². The molecule has 0 spiro atoms. The third kappa shape index (κ3) is 12.6. The van der Waals surface area contributed by atoms with Crippen LogP contribution in [0.3, 0.4) is 0 Å². The minimum atomic E-state index is -0.862. The van der Waals surface area contributed by atoms with Gasteiger partial charge in [0.25, 0.3) is 0 Å². The monoisotopic (exact) mass is 248 g/mol. The van der Waals surface area contributed by atoms with Crippen LogP contribution in [-0.2, 0) is 14.3 Å².